The third-order valence-electron chi connectivity index (χ3n) is 7.70. The van der Waals surface area contributed by atoms with Gasteiger partial charge < -0.3 is 15.0 Å². The van der Waals surface area contributed by atoms with Crippen molar-refractivity contribution in [1.29, 1.82) is 0 Å². The molecule has 1 aliphatic heterocycles. The molecule has 0 bridgehead atoms. The van der Waals surface area contributed by atoms with Gasteiger partial charge in [0.15, 0.2) is 11.6 Å². The second-order valence-electron chi connectivity index (χ2n) is 10.2. The Morgan fingerprint density at radius 1 is 1.14 bits per heavy atom. The average molecular weight is 497 g/mol. The van der Waals surface area contributed by atoms with Crippen LogP contribution in [-0.4, -0.2) is 76.1 Å². The number of nitrogens with zero attached hydrogens (tertiary/aromatic N) is 5. The van der Waals surface area contributed by atoms with Crippen LogP contribution in [0, 0.1) is 11.8 Å². The van der Waals surface area contributed by atoms with Crippen LogP contribution in [0.1, 0.15) is 44.5 Å². The lowest BCUT2D eigenvalue weighted by molar-refractivity contribution is -0.274. The molecule has 2 aromatic rings. The van der Waals surface area contributed by atoms with Gasteiger partial charge in [0.05, 0.1) is 5.69 Å². The number of piperazine rings is 1. The lowest BCUT2D eigenvalue weighted by atomic mass is 10.1. The zero-order valence-corrected chi connectivity index (χ0v) is 20.0. The van der Waals surface area contributed by atoms with Gasteiger partial charge >= 0.3 is 6.36 Å². The number of ether oxygens (including phenoxy) is 1. The largest absolute Gasteiger partial charge is 0.573 e. The Bertz CT molecular complexity index is 1040. The van der Waals surface area contributed by atoms with Gasteiger partial charge in [-0.25, -0.2) is 14.4 Å². The summed E-state index contributed by atoms with van der Waals surface area (Å²) in [6.45, 7) is 8.22. The highest BCUT2D eigenvalue weighted by atomic mass is 19.4. The van der Waals surface area contributed by atoms with Gasteiger partial charge in [-0.3, -0.25) is 9.80 Å². The van der Waals surface area contributed by atoms with Crippen LogP contribution in [0.5, 0.6) is 5.75 Å². The van der Waals surface area contributed by atoms with E-state index in [2.05, 4.69) is 37.9 Å². The first kappa shape index (κ1) is 24.3. The Morgan fingerprint density at radius 3 is 2.43 bits per heavy atom. The fourth-order valence-corrected chi connectivity index (χ4v) is 5.97. The van der Waals surface area contributed by atoms with Crippen molar-refractivity contribution < 1.29 is 22.3 Å². The van der Waals surface area contributed by atoms with Gasteiger partial charge in [0.25, 0.3) is 0 Å². The smallest absolute Gasteiger partial charge is 0.402 e. The van der Waals surface area contributed by atoms with Crippen LogP contribution in [0.4, 0.5) is 23.4 Å². The summed E-state index contributed by atoms with van der Waals surface area (Å²) in [7, 11) is 0. The molecular weight excluding hydrogens is 464 g/mol. The van der Waals surface area contributed by atoms with Gasteiger partial charge in [0, 0.05) is 68.7 Å². The summed E-state index contributed by atoms with van der Waals surface area (Å²) >= 11 is 0. The summed E-state index contributed by atoms with van der Waals surface area (Å²) in [5, 5.41) is 0. The first-order valence-electron chi connectivity index (χ1n) is 12.3. The van der Waals surface area contributed by atoms with E-state index in [1.165, 1.54) is 12.3 Å². The molecule has 0 amide bonds. The maximum atomic E-state index is 12.7. The third kappa shape index (κ3) is 4.97. The molecule has 11 heteroatoms. The maximum absolute atomic E-state index is 12.7. The van der Waals surface area contributed by atoms with Crippen molar-refractivity contribution in [2.45, 2.75) is 51.1 Å². The SMILES string of the molecule is CC(C)c1nc(-c2cnc(N)c(OC(F)(F)F)c2)cn1C1C2CC(N3CCN(CCF)CC3)CC21. The topological polar surface area (TPSA) is 72.4 Å². The molecule has 5 rings (SSSR count). The number of hydrogen-bond donors (Lipinski definition) is 1. The predicted octanol–water partition coefficient (Wildman–Crippen LogP) is 4.09. The fourth-order valence-electron chi connectivity index (χ4n) is 5.97. The molecule has 7 nitrogen and oxygen atoms in total. The van der Waals surface area contributed by atoms with Crippen LogP contribution in [0.2, 0.25) is 0 Å². The van der Waals surface area contributed by atoms with Crippen molar-refractivity contribution in [3.63, 3.8) is 0 Å². The van der Waals surface area contributed by atoms with E-state index >= 15 is 0 Å². The van der Waals surface area contributed by atoms with E-state index in [9.17, 15) is 17.6 Å². The first-order chi connectivity index (χ1) is 16.6. The van der Waals surface area contributed by atoms with Crippen LogP contribution in [-0.2, 0) is 0 Å². The molecular formula is C24H32F4N6O. The molecule has 2 aromatic heterocycles. The number of alkyl halides is 4. The highest BCUT2D eigenvalue weighted by molar-refractivity contribution is 5.64. The average Bonchev–Trinajstić information content (AvgIpc) is 3.14. The van der Waals surface area contributed by atoms with Crippen molar-refractivity contribution in [3.8, 4) is 17.0 Å². The fraction of sp³-hybridized carbons (Fsp3) is 0.667. The Balaban J connectivity index is 1.29. The highest BCUT2D eigenvalue weighted by Crippen LogP contribution is 2.62. The number of hydrogen-bond acceptors (Lipinski definition) is 6. The van der Waals surface area contributed by atoms with E-state index in [0.29, 0.717) is 41.7 Å². The second-order valence-corrected chi connectivity index (χ2v) is 10.2. The zero-order valence-electron chi connectivity index (χ0n) is 20.0. The van der Waals surface area contributed by atoms with Crippen LogP contribution in [0.3, 0.4) is 0 Å². The number of imidazole rings is 1. The lowest BCUT2D eigenvalue weighted by Crippen LogP contribution is -2.50. The maximum Gasteiger partial charge on any atom is 0.573 e. The Kier molecular flexibility index (Phi) is 6.41. The number of aromatic nitrogens is 3. The normalized spacial score (nSPS) is 27.4. The van der Waals surface area contributed by atoms with E-state index in [0.717, 1.165) is 44.8 Å². The molecule has 3 aliphatic rings. The van der Waals surface area contributed by atoms with E-state index in [-0.39, 0.29) is 18.4 Å². The van der Waals surface area contributed by atoms with E-state index in [1.54, 1.807) is 0 Å². The molecule has 3 fully saturated rings. The molecule has 2 aliphatic carbocycles. The first-order valence-corrected chi connectivity index (χ1v) is 12.3. The van der Waals surface area contributed by atoms with Crippen LogP contribution < -0.4 is 10.5 Å². The second kappa shape index (κ2) is 9.24. The van der Waals surface area contributed by atoms with Gasteiger partial charge in [0.1, 0.15) is 12.5 Å². The minimum Gasteiger partial charge on any atom is -0.402 e. The number of halogens is 4. The summed E-state index contributed by atoms with van der Waals surface area (Å²) < 4.78 is 57.1. The summed E-state index contributed by atoms with van der Waals surface area (Å²) in [5.74, 6) is 1.41. The van der Waals surface area contributed by atoms with Crippen molar-refractivity contribution >= 4 is 5.82 Å². The van der Waals surface area contributed by atoms with Crippen LogP contribution in [0.25, 0.3) is 11.3 Å². The predicted molar refractivity (Wildman–Crippen MR) is 124 cm³/mol. The highest BCUT2D eigenvalue weighted by Gasteiger charge is 2.58. The van der Waals surface area contributed by atoms with Crippen molar-refractivity contribution in [1.82, 2.24) is 24.3 Å². The van der Waals surface area contributed by atoms with Crippen LogP contribution in [0.15, 0.2) is 18.5 Å². The molecule has 1 saturated heterocycles. The number of nitrogens with two attached hydrogens (primary N) is 1. The quantitative estimate of drug-likeness (QED) is 0.583. The molecule has 2 N–H and O–H groups in total. The van der Waals surface area contributed by atoms with E-state index < -0.39 is 12.1 Å². The van der Waals surface area contributed by atoms with Gasteiger partial charge in [0.2, 0.25) is 0 Å². The monoisotopic (exact) mass is 496 g/mol. The van der Waals surface area contributed by atoms with Gasteiger partial charge in [-0.05, 0) is 30.7 Å². The number of anilines is 1. The van der Waals surface area contributed by atoms with Crippen molar-refractivity contribution in [3.05, 3.63) is 24.3 Å². The summed E-state index contributed by atoms with van der Waals surface area (Å²) in [6, 6.07) is 2.19. The van der Waals surface area contributed by atoms with E-state index in [1.807, 2.05) is 6.20 Å². The minimum absolute atomic E-state index is 0.164. The molecule has 2 unspecified atom stereocenters. The van der Waals surface area contributed by atoms with Gasteiger partial charge in [-0.1, -0.05) is 13.8 Å². The Labute approximate surface area is 202 Å². The Morgan fingerprint density at radius 2 is 1.83 bits per heavy atom. The number of pyridine rings is 1. The molecule has 35 heavy (non-hydrogen) atoms. The summed E-state index contributed by atoms with van der Waals surface area (Å²) in [6.07, 6.45) is 0.793. The molecule has 192 valence electrons. The molecule has 2 saturated carbocycles. The van der Waals surface area contributed by atoms with E-state index in [4.69, 9.17) is 10.7 Å². The lowest BCUT2D eigenvalue weighted by Gasteiger charge is -2.38. The van der Waals surface area contributed by atoms with Crippen molar-refractivity contribution in [2.24, 2.45) is 11.8 Å². The zero-order chi connectivity index (χ0) is 24.9. The number of rotatable bonds is 7. The number of nitrogen functional groups attached to an aromatic ring is 1. The molecule has 2 atom stereocenters. The molecule has 0 aromatic carbocycles. The Hall–Kier alpha value is -2.40. The minimum atomic E-state index is -4.85. The molecule has 0 radical (unpaired) electrons. The van der Waals surface area contributed by atoms with Gasteiger partial charge in [-0.15, -0.1) is 13.2 Å². The van der Waals surface area contributed by atoms with Crippen LogP contribution >= 0.6 is 0 Å². The summed E-state index contributed by atoms with van der Waals surface area (Å²) in [5.41, 5.74) is 6.60. The third-order valence-corrected chi connectivity index (χ3v) is 7.70. The molecule has 3 heterocycles. The number of fused-ring (bicyclic) bond motifs is 1. The standard InChI is InChI=1S/C24H32F4N6O/c1-14(2)23-31-19(15-9-20(22(29)30-12-15)35-24(26,27)28)13-34(23)21-17-10-16(11-18(17)21)33-7-5-32(4-3-25)6-8-33/h9,12-14,16-18,21H,3-8,10-11H2,1-2H3,(H2,29,30). The van der Waals surface area contributed by atoms with Gasteiger partial charge in [-0.2, -0.15) is 0 Å². The van der Waals surface area contributed by atoms with Crippen molar-refractivity contribution in [2.75, 3.05) is 45.1 Å². The summed E-state index contributed by atoms with van der Waals surface area (Å²) in [4.78, 5) is 13.4. The molecule has 0 spiro atoms.